The molecule has 2 atom stereocenters. The number of alkyl carbamates (subject to hydrolysis) is 1. The highest BCUT2D eigenvalue weighted by Gasteiger charge is 2.21. The van der Waals surface area contributed by atoms with Crippen LogP contribution < -0.4 is 5.32 Å². The number of rotatable bonds is 15. The average Bonchev–Trinajstić information content (AvgIpc) is 3.44. The molecule has 0 aliphatic carbocycles. The molecule has 0 spiro atoms. The first-order chi connectivity index (χ1) is 18.1. The summed E-state index contributed by atoms with van der Waals surface area (Å²) in [6.45, 7) is 4.28. The summed E-state index contributed by atoms with van der Waals surface area (Å²) in [5.41, 5.74) is 4.05. The zero-order valence-electron chi connectivity index (χ0n) is 21.8. The Kier molecular flexibility index (Phi) is 12.1. The second kappa shape index (κ2) is 15.8. The van der Waals surface area contributed by atoms with Crippen molar-refractivity contribution in [2.45, 2.75) is 77.5 Å². The van der Waals surface area contributed by atoms with Gasteiger partial charge in [0.25, 0.3) is 0 Å². The highest BCUT2D eigenvalue weighted by atomic mass is 32.1. The lowest BCUT2D eigenvalue weighted by Gasteiger charge is -2.23. The van der Waals surface area contributed by atoms with Crippen LogP contribution in [-0.2, 0) is 33.7 Å². The van der Waals surface area contributed by atoms with Crippen molar-refractivity contribution < 1.29 is 19.1 Å². The zero-order chi connectivity index (χ0) is 26.3. The molecule has 0 saturated heterocycles. The van der Waals surface area contributed by atoms with Gasteiger partial charge >= 0.3 is 12.1 Å². The van der Waals surface area contributed by atoms with Crippen LogP contribution in [-0.4, -0.2) is 29.2 Å². The first-order valence-corrected chi connectivity index (χ1v) is 14.0. The smallest absolute Gasteiger partial charge is 0.407 e. The van der Waals surface area contributed by atoms with Gasteiger partial charge in [-0.15, -0.1) is 11.3 Å². The van der Waals surface area contributed by atoms with Crippen LogP contribution in [0, 0.1) is 5.92 Å². The van der Waals surface area contributed by atoms with Crippen LogP contribution in [0.4, 0.5) is 4.79 Å². The summed E-state index contributed by atoms with van der Waals surface area (Å²) in [6.07, 6.45) is 6.19. The molecule has 37 heavy (non-hydrogen) atoms. The number of aromatic nitrogens is 1. The van der Waals surface area contributed by atoms with E-state index in [0.29, 0.717) is 12.8 Å². The molecule has 0 saturated carbocycles. The fourth-order valence-corrected chi connectivity index (χ4v) is 4.87. The maximum atomic E-state index is 12.8. The Morgan fingerprint density at radius 3 is 2.16 bits per heavy atom. The number of nitrogens with one attached hydrogen (secondary N) is 1. The summed E-state index contributed by atoms with van der Waals surface area (Å²) in [5.74, 6) is -0.0382. The van der Waals surface area contributed by atoms with E-state index in [1.165, 1.54) is 16.9 Å². The van der Waals surface area contributed by atoms with Crippen LogP contribution in [0.5, 0.6) is 0 Å². The Balaban J connectivity index is 1.65. The van der Waals surface area contributed by atoms with E-state index in [1.807, 2.05) is 50.2 Å². The Morgan fingerprint density at radius 2 is 1.57 bits per heavy atom. The first-order valence-electron chi connectivity index (χ1n) is 13.1. The molecular weight excluding hydrogens is 484 g/mol. The number of ether oxygens (including phenoxy) is 2. The Morgan fingerprint density at radius 1 is 0.919 bits per heavy atom. The van der Waals surface area contributed by atoms with E-state index in [4.69, 9.17) is 9.47 Å². The summed E-state index contributed by atoms with van der Waals surface area (Å²) in [4.78, 5) is 30.3. The number of carbonyl (C=O) groups excluding carboxylic acids is 2. The highest BCUT2D eigenvalue weighted by Crippen LogP contribution is 2.22. The van der Waals surface area contributed by atoms with E-state index in [1.54, 1.807) is 11.7 Å². The molecule has 7 heteroatoms. The van der Waals surface area contributed by atoms with Gasteiger partial charge in [0.2, 0.25) is 0 Å². The van der Waals surface area contributed by atoms with Crippen molar-refractivity contribution in [1.29, 1.82) is 0 Å². The van der Waals surface area contributed by atoms with E-state index in [9.17, 15) is 9.59 Å². The molecule has 0 unspecified atom stereocenters. The van der Waals surface area contributed by atoms with Crippen molar-refractivity contribution in [3.8, 4) is 0 Å². The molecule has 1 aromatic heterocycles. The van der Waals surface area contributed by atoms with Crippen molar-refractivity contribution in [2.24, 2.45) is 5.92 Å². The molecule has 1 heterocycles. The van der Waals surface area contributed by atoms with Gasteiger partial charge in [-0.05, 0) is 55.6 Å². The highest BCUT2D eigenvalue weighted by molar-refractivity contribution is 7.09. The van der Waals surface area contributed by atoms with Crippen LogP contribution in [0.1, 0.15) is 62.0 Å². The molecule has 3 aromatic rings. The Bertz CT molecular complexity index is 1040. The number of hydrogen-bond donors (Lipinski definition) is 1. The van der Waals surface area contributed by atoms with E-state index < -0.39 is 6.09 Å². The minimum atomic E-state index is -0.443. The van der Waals surface area contributed by atoms with Gasteiger partial charge in [-0.3, -0.25) is 9.78 Å². The standard InChI is InChI=1S/C30H38N2O4S/c1-3-27(4-2)36-29(33)19-25(17-23-11-7-5-8-12-23)15-16-26(18-24-13-9-6-10-14-24)32-30(34)35-21-28-20-31-22-37-28/h5-14,20,22,25-27H,3-4,15-19,21H2,1-2H3,(H,32,34)/t25-,26-/m1/s1. The van der Waals surface area contributed by atoms with Crippen molar-refractivity contribution in [1.82, 2.24) is 10.3 Å². The topological polar surface area (TPSA) is 77.5 Å². The van der Waals surface area contributed by atoms with Crippen LogP contribution in [0.2, 0.25) is 0 Å². The molecule has 0 fully saturated rings. The van der Waals surface area contributed by atoms with Crippen LogP contribution in [0.15, 0.2) is 72.4 Å². The van der Waals surface area contributed by atoms with Gasteiger partial charge < -0.3 is 14.8 Å². The van der Waals surface area contributed by atoms with Gasteiger partial charge in [-0.2, -0.15) is 0 Å². The Hall–Kier alpha value is -3.19. The van der Waals surface area contributed by atoms with Crippen molar-refractivity contribution in [3.63, 3.8) is 0 Å². The maximum Gasteiger partial charge on any atom is 0.407 e. The molecule has 0 aliphatic heterocycles. The third-order valence-electron chi connectivity index (χ3n) is 6.43. The normalized spacial score (nSPS) is 12.6. The second-order valence-corrected chi connectivity index (χ2v) is 10.3. The third-order valence-corrected chi connectivity index (χ3v) is 7.18. The van der Waals surface area contributed by atoms with Gasteiger partial charge in [0.1, 0.15) is 12.7 Å². The summed E-state index contributed by atoms with van der Waals surface area (Å²) >= 11 is 1.45. The van der Waals surface area contributed by atoms with E-state index in [2.05, 4.69) is 34.6 Å². The van der Waals surface area contributed by atoms with E-state index in [-0.39, 0.29) is 30.6 Å². The molecule has 0 bridgehead atoms. The predicted molar refractivity (Wildman–Crippen MR) is 147 cm³/mol. The van der Waals surface area contributed by atoms with Crippen LogP contribution >= 0.6 is 11.3 Å². The molecule has 6 nitrogen and oxygen atoms in total. The summed E-state index contributed by atoms with van der Waals surface area (Å²) in [6, 6.07) is 20.2. The number of esters is 1. The van der Waals surface area contributed by atoms with Crippen molar-refractivity contribution in [2.75, 3.05) is 0 Å². The molecule has 3 rings (SSSR count). The third kappa shape index (κ3) is 10.8. The van der Waals surface area contributed by atoms with Gasteiger partial charge in [0.15, 0.2) is 0 Å². The van der Waals surface area contributed by atoms with E-state index in [0.717, 1.165) is 42.5 Å². The SMILES string of the molecule is CCC(CC)OC(=O)C[C@H](CC[C@H](Cc1ccccc1)NC(=O)OCc1cncs1)Cc1ccccc1. The first kappa shape index (κ1) is 28.4. The van der Waals surface area contributed by atoms with Crippen LogP contribution in [0.3, 0.4) is 0 Å². The van der Waals surface area contributed by atoms with Gasteiger partial charge in [0, 0.05) is 18.7 Å². The summed E-state index contributed by atoms with van der Waals surface area (Å²) in [7, 11) is 0. The lowest BCUT2D eigenvalue weighted by Crippen LogP contribution is -2.37. The number of carbonyl (C=O) groups is 2. The maximum absolute atomic E-state index is 12.8. The lowest BCUT2D eigenvalue weighted by molar-refractivity contribution is -0.150. The van der Waals surface area contributed by atoms with E-state index >= 15 is 0 Å². The summed E-state index contributed by atoms with van der Waals surface area (Å²) in [5, 5.41) is 3.06. The van der Waals surface area contributed by atoms with Crippen LogP contribution in [0.25, 0.3) is 0 Å². The predicted octanol–water partition coefficient (Wildman–Crippen LogP) is 6.74. The second-order valence-electron chi connectivity index (χ2n) is 9.34. The number of benzene rings is 2. The van der Waals surface area contributed by atoms with Crippen molar-refractivity contribution in [3.05, 3.63) is 88.4 Å². The molecular formula is C30H38N2O4S. The fraction of sp³-hybridized carbons (Fsp3) is 0.433. The van der Waals surface area contributed by atoms with Gasteiger partial charge in [-0.1, -0.05) is 74.5 Å². The number of thiazole rings is 1. The monoisotopic (exact) mass is 522 g/mol. The summed E-state index contributed by atoms with van der Waals surface area (Å²) < 4.78 is 11.2. The zero-order valence-corrected chi connectivity index (χ0v) is 22.6. The number of hydrogen-bond acceptors (Lipinski definition) is 6. The minimum absolute atomic E-state index is 0.0364. The van der Waals surface area contributed by atoms with Gasteiger partial charge in [-0.25, -0.2) is 4.79 Å². The molecule has 1 N–H and O–H groups in total. The largest absolute Gasteiger partial charge is 0.462 e. The quantitative estimate of drug-likeness (QED) is 0.224. The molecule has 0 aliphatic rings. The number of nitrogens with zero attached hydrogens (tertiary/aromatic N) is 1. The minimum Gasteiger partial charge on any atom is -0.462 e. The number of amides is 1. The lowest BCUT2D eigenvalue weighted by atomic mass is 9.89. The van der Waals surface area contributed by atoms with Crippen molar-refractivity contribution >= 4 is 23.4 Å². The molecule has 198 valence electrons. The molecule has 2 aromatic carbocycles. The van der Waals surface area contributed by atoms with Gasteiger partial charge in [0.05, 0.1) is 10.4 Å². The molecule has 1 amide bonds. The average molecular weight is 523 g/mol. The molecule has 0 radical (unpaired) electrons. The fourth-order valence-electron chi connectivity index (χ4n) is 4.37. The Labute approximate surface area is 224 Å².